The first kappa shape index (κ1) is 11.5. The molecule has 1 aromatic heterocycles. The number of aromatic nitrogens is 1. The van der Waals surface area contributed by atoms with E-state index in [0.29, 0.717) is 24.7 Å². The molecule has 2 heterocycles. The van der Waals surface area contributed by atoms with E-state index in [1.807, 2.05) is 7.05 Å². The van der Waals surface area contributed by atoms with Crippen molar-refractivity contribution in [3.8, 4) is 0 Å². The van der Waals surface area contributed by atoms with Gasteiger partial charge in [-0.15, -0.1) is 0 Å². The Morgan fingerprint density at radius 1 is 1.62 bits per heavy atom. The van der Waals surface area contributed by atoms with Crippen LogP contribution in [0.4, 0.5) is 5.13 Å². The second kappa shape index (κ2) is 5.38. The molecule has 2 N–H and O–H groups in total. The molecule has 0 saturated carbocycles. The average Bonchev–Trinajstić information content (AvgIpc) is 2.68. The Labute approximate surface area is 98.2 Å². The highest BCUT2D eigenvalue weighted by molar-refractivity contribution is 7.15. The minimum Gasteiger partial charge on any atom is -0.375 e. The number of amides is 1. The van der Waals surface area contributed by atoms with Gasteiger partial charge in [-0.05, 0) is 7.05 Å². The van der Waals surface area contributed by atoms with Crippen molar-refractivity contribution in [3.63, 3.8) is 0 Å². The van der Waals surface area contributed by atoms with Gasteiger partial charge in [0.25, 0.3) is 0 Å². The molecule has 0 atom stereocenters. The number of fused-ring (bicyclic) bond motifs is 1. The van der Waals surface area contributed by atoms with Gasteiger partial charge in [0.05, 0.1) is 23.8 Å². The maximum atomic E-state index is 11.5. The number of carbonyl (C=O) groups excluding carboxylic acids is 1. The van der Waals surface area contributed by atoms with Gasteiger partial charge in [-0.3, -0.25) is 4.79 Å². The molecule has 0 unspecified atom stereocenters. The highest BCUT2D eigenvalue weighted by Gasteiger charge is 2.16. The maximum Gasteiger partial charge on any atom is 0.227 e. The molecule has 1 aliphatic heterocycles. The molecular weight excluding hydrogens is 226 g/mol. The molecule has 16 heavy (non-hydrogen) atoms. The van der Waals surface area contributed by atoms with Crippen LogP contribution < -0.4 is 10.6 Å². The molecule has 1 aliphatic rings. The van der Waals surface area contributed by atoms with Crippen molar-refractivity contribution in [1.82, 2.24) is 10.3 Å². The van der Waals surface area contributed by atoms with Crippen LogP contribution in [0.15, 0.2) is 0 Å². The van der Waals surface area contributed by atoms with Gasteiger partial charge in [0, 0.05) is 19.4 Å². The number of nitrogens with one attached hydrogen (secondary N) is 2. The lowest BCUT2D eigenvalue weighted by molar-refractivity contribution is -0.116. The molecular formula is C10H15N3O2S. The van der Waals surface area contributed by atoms with Gasteiger partial charge in [0.2, 0.25) is 5.91 Å². The molecule has 5 nitrogen and oxygen atoms in total. The molecule has 0 fully saturated rings. The summed E-state index contributed by atoms with van der Waals surface area (Å²) in [5.41, 5.74) is 1.07. The van der Waals surface area contributed by atoms with E-state index in [1.165, 1.54) is 11.3 Å². The molecule has 6 heteroatoms. The van der Waals surface area contributed by atoms with Crippen LogP contribution in [0.5, 0.6) is 0 Å². The third-order valence-corrected chi connectivity index (χ3v) is 3.33. The van der Waals surface area contributed by atoms with Gasteiger partial charge in [-0.2, -0.15) is 0 Å². The first-order valence-electron chi connectivity index (χ1n) is 5.30. The topological polar surface area (TPSA) is 63.2 Å². The Morgan fingerprint density at radius 3 is 3.25 bits per heavy atom. The largest absolute Gasteiger partial charge is 0.375 e. The highest BCUT2D eigenvalue weighted by Crippen LogP contribution is 2.26. The van der Waals surface area contributed by atoms with E-state index in [4.69, 9.17) is 4.74 Å². The molecule has 88 valence electrons. The molecule has 1 amide bonds. The number of thiazole rings is 1. The summed E-state index contributed by atoms with van der Waals surface area (Å²) in [5, 5.41) is 6.43. The number of rotatable bonds is 4. The highest BCUT2D eigenvalue weighted by atomic mass is 32.1. The summed E-state index contributed by atoms with van der Waals surface area (Å²) in [6.45, 7) is 2.03. The predicted molar refractivity (Wildman–Crippen MR) is 62.6 cm³/mol. The van der Waals surface area contributed by atoms with Crippen molar-refractivity contribution in [2.75, 3.05) is 25.5 Å². The Morgan fingerprint density at radius 2 is 2.50 bits per heavy atom. The van der Waals surface area contributed by atoms with Crippen molar-refractivity contribution < 1.29 is 9.53 Å². The van der Waals surface area contributed by atoms with Gasteiger partial charge in [-0.25, -0.2) is 4.98 Å². The van der Waals surface area contributed by atoms with Gasteiger partial charge >= 0.3 is 0 Å². The normalized spacial score (nSPS) is 14.6. The Hall–Kier alpha value is -0.980. The summed E-state index contributed by atoms with van der Waals surface area (Å²) in [7, 11) is 1.83. The lowest BCUT2D eigenvalue weighted by atomic mass is 10.2. The fourth-order valence-corrected chi connectivity index (χ4v) is 2.46. The maximum absolute atomic E-state index is 11.5. The van der Waals surface area contributed by atoms with E-state index in [-0.39, 0.29) is 5.91 Å². The summed E-state index contributed by atoms with van der Waals surface area (Å²) in [6.07, 6.45) is 1.31. The smallest absolute Gasteiger partial charge is 0.227 e. The van der Waals surface area contributed by atoms with Crippen molar-refractivity contribution in [3.05, 3.63) is 10.6 Å². The fraction of sp³-hybridized carbons (Fsp3) is 0.600. The minimum absolute atomic E-state index is 0.00126. The number of nitrogens with zero attached hydrogens (tertiary/aromatic N) is 1. The van der Waals surface area contributed by atoms with Crippen molar-refractivity contribution in [2.45, 2.75) is 19.4 Å². The second-order valence-corrected chi connectivity index (χ2v) is 4.68. The lowest BCUT2D eigenvalue weighted by Gasteiger charge is -2.08. The van der Waals surface area contributed by atoms with Crippen molar-refractivity contribution in [2.24, 2.45) is 0 Å². The van der Waals surface area contributed by atoms with Crippen molar-refractivity contribution in [1.29, 1.82) is 0 Å². The summed E-state index contributed by atoms with van der Waals surface area (Å²) >= 11 is 1.51. The molecule has 0 aliphatic carbocycles. The van der Waals surface area contributed by atoms with E-state index in [2.05, 4.69) is 15.6 Å². The van der Waals surface area contributed by atoms with Crippen LogP contribution in [-0.4, -0.2) is 31.1 Å². The number of anilines is 1. The molecule has 0 saturated heterocycles. The summed E-state index contributed by atoms with van der Waals surface area (Å²) in [4.78, 5) is 17.0. The van der Waals surface area contributed by atoms with Crippen LogP contribution in [-0.2, 0) is 22.6 Å². The second-order valence-electron chi connectivity index (χ2n) is 3.59. The van der Waals surface area contributed by atoms with Crippen LogP contribution in [0.25, 0.3) is 0 Å². The molecule has 2 rings (SSSR count). The molecule has 0 spiro atoms. The van der Waals surface area contributed by atoms with E-state index in [9.17, 15) is 4.79 Å². The zero-order chi connectivity index (χ0) is 11.4. The van der Waals surface area contributed by atoms with Crippen LogP contribution in [0.2, 0.25) is 0 Å². The van der Waals surface area contributed by atoms with E-state index >= 15 is 0 Å². The summed E-state index contributed by atoms with van der Waals surface area (Å²) in [5.74, 6) is 0.00126. The molecule has 0 aromatic carbocycles. The lowest BCUT2D eigenvalue weighted by Crippen LogP contribution is -2.18. The first-order chi connectivity index (χ1) is 7.79. The van der Waals surface area contributed by atoms with Gasteiger partial charge in [0.15, 0.2) is 5.13 Å². The standard InChI is InChI=1S/C10H15N3O2S/c1-11-4-2-9(14)13-10-12-7-3-5-15-6-8(7)16-10/h11H,2-6H2,1H3,(H,12,13,14). The van der Waals surface area contributed by atoms with Crippen molar-refractivity contribution >= 4 is 22.4 Å². The van der Waals surface area contributed by atoms with E-state index in [0.717, 1.165) is 23.6 Å². The third kappa shape index (κ3) is 2.78. The first-order valence-corrected chi connectivity index (χ1v) is 6.12. The summed E-state index contributed by atoms with van der Waals surface area (Å²) < 4.78 is 5.33. The third-order valence-electron chi connectivity index (χ3n) is 2.34. The Kier molecular flexibility index (Phi) is 3.87. The number of carbonyl (C=O) groups is 1. The Balaban J connectivity index is 1.94. The van der Waals surface area contributed by atoms with Gasteiger partial charge in [-0.1, -0.05) is 11.3 Å². The van der Waals surface area contributed by atoms with Crippen LogP contribution in [0.1, 0.15) is 17.0 Å². The van der Waals surface area contributed by atoms with E-state index < -0.39 is 0 Å². The summed E-state index contributed by atoms with van der Waals surface area (Å²) in [6, 6.07) is 0. The fourth-order valence-electron chi connectivity index (χ4n) is 1.50. The Bertz CT molecular complexity index is 355. The monoisotopic (exact) mass is 241 g/mol. The SMILES string of the molecule is CNCCC(=O)Nc1nc2c(s1)COCC2. The molecule has 1 aromatic rings. The molecule has 0 radical (unpaired) electrons. The predicted octanol–water partition coefficient (Wildman–Crippen LogP) is 0.764. The van der Waals surface area contributed by atoms with E-state index in [1.54, 1.807) is 0 Å². The van der Waals surface area contributed by atoms with Gasteiger partial charge < -0.3 is 15.4 Å². The number of ether oxygens (including phenoxy) is 1. The zero-order valence-electron chi connectivity index (χ0n) is 9.21. The minimum atomic E-state index is 0.00126. The van der Waals surface area contributed by atoms with Crippen LogP contribution >= 0.6 is 11.3 Å². The zero-order valence-corrected chi connectivity index (χ0v) is 10.0. The average molecular weight is 241 g/mol. The van der Waals surface area contributed by atoms with Gasteiger partial charge in [0.1, 0.15) is 0 Å². The number of hydrogen-bond donors (Lipinski definition) is 2. The quantitative estimate of drug-likeness (QED) is 0.817. The van der Waals surface area contributed by atoms with Crippen LogP contribution in [0.3, 0.4) is 0 Å². The number of hydrogen-bond acceptors (Lipinski definition) is 5. The molecule has 0 bridgehead atoms. The van der Waals surface area contributed by atoms with Crippen LogP contribution in [0, 0.1) is 0 Å².